The van der Waals surface area contributed by atoms with Crippen molar-refractivity contribution in [3.63, 3.8) is 0 Å². The van der Waals surface area contributed by atoms with Crippen molar-refractivity contribution in [3.05, 3.63) is 95.6 Å². The van der Waals surface area contributed by atoms with Crippen LogP contribution in [0.5, 0.6) is 0 Å². The Morgan fingerprint density at radius 2 is 1.45 bits per heavy atom. The zero-order valence-electron chi connectivity index (χ0n) is 16.3. The van der Waals surface area contributed by atoms with Crippen LogP contribution in [0.4, 0.5) is 0 Å². The average Bonchev–Trinajstić information content (AvgIpc) is 3.01. The van der Waals surface area contributed by atoms with Crippen LogP contribution in [-0.2, 0) is 9.30 Å². The van der Waals surface area contributed by atoms with Crippen LogP contribution in [0.3, 0.4) is 0 Å². The molecule has 1 heterocycles. The Balaban J connectivity index is 1.75. The lowest BCUT2D eigenvalue weighted by molar-refractivity contribution is 0.0376. The molecule has 0 N–H and O–H groups in total. The second-order valence-electron chi connectivity index (χ2n) is 8.06. The summed E-state index contributed by atoms with van der Waals surface area (Å²) in [5, 5.41) is 4.19. The Labute approximate surface area is 169 Å². The van der Waals surface area contributed by atoms with E-state index in [1.807, 2.05) is 78.9 Å². The number of benzene rings is 4. The first-order chi connectivity index (χ1) is 13.9. The number of fused-ring (bicyclic) bond motifs is 3. The van der Waals surface area contributed by atoms with E-state index in [2.05, 4.69) is 0 Å². The zero-order chi connectivity index (χ0) is 20.2. The highest BCUT2D eigenvalue weighted by Gasteiger charge is 2.43. The number of carbonyl (C=O) groups excluding carboxylic acids is 1. The van der Waals surface area contributed by atoms with Gasteiger partial charge in [-0.2, -0.15) is 0 Å². The van der Waals surface area contributed by atoms with E-state index < -0.39 is 18.9 Å². The third-order valence-corrected chi connectivity index (χ3v) is 7.67. The lowest BCUT2D eigenvalue weighted by Gasteiger charge is -2.28. The van der Waals surface area contributed by atoms with Gasteiger partial charge in [-0.15, -0.1) is 0 Å². The fourth-order valence-electron chi connectivity index (χ4n) is 4.48. The van der Waals surface area contributed by atoms with Gasteiger partial charge in [0.1, 0.15) is 6.10 Å². The summed E-state index contributed by atoms with van der Waals surface area (Å²) in [5.41, 5.74) is 1.97. The van der Waals surface area contributed by atoms with Crippen LogP contribution in [0.25, 0.3) is 21.5 Å². The number of cyclic esters (lactones) is 1. The van der Waals surface area contributed by atoms with Gasteiger partial charge in [0, 0.05) is 5.56 Å². The lowest BCUT2D eigenvalue weighted by atomic mass is 9.93. The van der Waals surface area contributed by atoms with Gasteiger partial charge in [0.25, 0.3) is 0 Å². The number of esters is 1. The maximum atomic E-state index is 13.5. The molecule has 4 aromatic carbocycles. The Morgan fingerprint density at radius 3 is 2.17 bits per heavy atom. The summed E-state index contributed by atoms with van der Waals surface area (Å²) >= 11 is 0. The van der Waals surface area contributed by atoms with Crippen LogP contribution in [0.2, 0.25) is 0 Å². The molecule has 0 bridgehead atoms. The third kappa shape index (κ3) is 2.97. The van der Waals surface area contributed by atoms with Crippen LogP contribution in [0.1, 0.15) is 33.2 Å². The second-order valence-corrected chi connectivity index (χ2v) is 11.5. The summed E-state index contributed by atoms with van der Waals surface area (Å²) in [4.78, 5) is 12.7. The smallest absolute Gasteiger partial charge is 0.339 e. The molecule has 4 aromatic rings. The van der Waals surface area contributed by atoms with Gasteiger partial charge >= 0.3 is 5.97 Å². The second kappa shape index (κ2) is 6.57. The third-order valence-electron chi connectivity index (χ3n) is 5.78. The SMILES string of the molecule is CP(C)(=O)C(c1cccc2ccccc12)C1OC(=O)c2cc3ccccc3cc21. The molecule has 144 valence electrons. The molecular formula is C25H21O3P. The van der Waals surface area contributed by atoms with Gasteiger partial charge < -0.3 is 9.30 Å². The molecule has 29 heavy (non-hydrogen) atoms. The van der Waals surface area contributed by atoms with E-state index in [0.717, 1.165) is 32.7 Å². The minimum atomic E-state index is -2.67. The molecule has 1 aliphatic rings. The molecule has 0 saturated heterocycles. The monoisotopic (exact) mass is 400 g/mol. The van der Waals surface area contributed by atoms with Crippen molar-refractivity contribution < 1.29 is 14.1 Å². The molecule has 3 nitrogen and oxygen atoms in total. The standard InChI is InChI=1S/C25H21O3P/c1-29(2,27)24(20-13-7-11-16-8-5-6-12-19(16)20)23-21-14-17-9-3-4-10-18(17)15-22(21)25(26)28-23/h3-15,23-24H,1-2H3. The molecule has 5 rings (SSSR count). The van der Waals surface area contributed by atoms with Crippen LogP contribution in [0, 0.1) is 0 Å². The van der Waals surface area contributed by atoms with E-state index in [4.69, 9.17) is 4.74 Å². The maximum Gasteiger partial charge on any atom is 0.339 e. The molecule has 0 fully saturated rings. The summed E-state index contributed by atoms with van der Waals surface area (Å²) < 4.78 is 19.4. The first kappa shape index (κ1) is 18.1. The summed E-state index contributed by atoms with van der Waals surface area (Å²) in [6.45, 7) is 3.57. The van der Waals surface area contributed by atoms with Gasteiger partial charge in [-0.3, -0.25) is 0 Å². The fourth-order valence-corrected chi connectivity index (χ4v) is 6.25. The van der Waals surface area contributed by atoms with Gasteiger partial charge in [-0.25, -0.2) is 4.79 Å². The van der Waals surface area contributed by atoms with E-state index >= 15 is 0 Å². The minimum Gasteiger partial charge on any atom is -0.453 e. The molecule has 1 aliphatic heterocycles. The number of ether oxygens (including phenoxy) is 1. The molecule has 0 amide bonds. The molecule has 2 unspecified atom stereocenters. The lowest BCUT2D eigenvalue weighted by Crippen LogP contribution is -2.12. The largest absolute Gasteiger partial charge is 0.453 e. The first-order valence-corrected chi connectivity index (χ1v) is 12.4. The quantitative estimate of drug-likeness (QED) is 0.289. The van der Waals surface area contributed by atoms with Gasteiger partial charge in [-0.1, -0.05) is 66.7 Å². The van der Waals surface area contributed by atoms with E-state index in [9.17, 15) is 9.36 Å². The minimum absolute atomic E-state index is 0.338. The van der Waals surface area contributed by atoms with E-state index in [1.165, 1.54) is 0 Å². The number of rotatable bonds is 3. The van der Waals surface area contributed by atoms with Crippen LogP contribution in [-0.4, -0.2) is 19.3 Å². The van der Waals surface area contributed by atoms with Gasteiger partial charge in [0.15, 0.2) is 0 Å². The molecule has 0 radical (unpaired) electrons. The van der Waals surface area contributed by atoms with Crippen LogP contribution in [0.15, 0.2) is 78.9 Å². The van der Waals surface area contributed by atoms with Crippen molar-refractivity contribution >= 4 is 34.7 Å². The highest BCUT2D eigenvalue weighted by Crippen LogP contribution is 2.62. The molecule has 4 heteroatoms. The highest BCUT2D eigenvalue weighted by atomic mass is 31.2. The van der Waals surface area contributed by atoms with Crippen molar-refractivity contribution in [2.24, 2.45) is 0 Å². The number of carbonyl (C=O) groups is 1. The van der Waals surface area contributed by atoms with Crippen molar-refractivity contribution in [1.29, 1.82) is 0 Å². The summed E-state index contributed by atoms with van der Waals surface area (Å²) in [5.74, 6) is -0.338. The fraction of sp³-hybridized carbons (Fsp3) is 0.160. The number of hydrogen-bond donors (Lipinski definition) is 0. The van der Waals surface area contributed by atoms with Gasteiger partial charge in [0.2, 0.25) is 0 Å². The predicted molar refractivity (Wildman–Crippen MR) is 118 cm³/mol. The molecular weight excluding hydrogens is 379 g/mol. The Morgan fingerprint density at radius 1 is 0.828 bits per heavy atom. The van der Waals surface area contributed by atoms with E-state index in [0.29, 0.717) is 5.56 Å². The van der Waals surface area contributed by atoms with Gasteiger partial charge in [-0.05, 0) is 52.6 Å². The Hall–Kier alpha value is -2.90. The first-order valence-electron chi connectivity index (χ1n) is 9.69. The molecule has 0 aliphatic carbocycles. The maximum absolute atomic E-state index is 13.5. The normalized spacial score (nSPS) is 17.3. The predicted octanol–water partition coefficient (Wildman–Crippen LogP) is 6.57. The van der Waals surface area contributed by atoms with Crippen molar-refractivity contribution in [2.75, 3.05) is 13.3 Å². The Kier molecular flexibility index (Phi) is 4.11. The van der Waals surface area contributed by atoms with Crippen molar-refractivity contribution in [2.45, 2.75) is 11.8 Å². The summed E-state index contributed by atoms with van der Waals surface area (Å²) in [7, 11) is -2.67. The van der Waals surface area contributed by atoms with Crippen molar-refractivity contribution in [1.82, 2.24) is 0 Å². The zero-order valence-corrected chi connectivity index (χ0v) is 17.2. The molecule has 2 atom stereocenters. The topological polar surface area (TPSA) is 43.4 Å². The molecule has 0 aromatic heterocycles. The summed E-state index contributed by atoms with van der Waals surface area (Å²) in [6.07, 6.45) is -0.561. The molecule has 0 spiro atoms. The Bertz CT molecular complexity index is 1310. The van der Waals surface area contributed by atoms with Gasteiger partial charge in [0.05, 0.1) is 18.4 Å². The van der Waals surface area contributed by atoms with Crippen LogP contribution < -0.4 is 0 Å². The number of hydrogen-bond acceptors (Lipinski definition) is 3. The highest BCUT2D eigenvalue weighted by molar-refractivity contribution is 7.62. The summed E-state index contributed by atoms with van der Waals surface area (Å²) in [6, 6.07) is 26.0. The van der Waals surface area contributed by atoms with E-state index in [1.54, 1.807) is 13.3 Å². The average molecular weight is 400 g/mol. The van der Waals surface area contributed by atoms with Crippen molar-refractivity contribution in [3.8, 4) is 0 Å². The van der Waals surface area contributed by atoms with Crippen LogP contribution >= 0.6 is 7.14 Å². The van der Waals surface area contributed by atoms with E-state index in [-0.39, 0.29) is 5.97 Å². The molecule has 0 saturated carbocycles.